The molecule has 0 bridgehead atoms. The molecule has 0 spiro atoms. The number of hydrogen-bond acceptors (Lipinski definition) is 3. The minimum absolute atomic E-state index is 0.299. The van der Waals surface area contributed by atoms with Gasteiger partial charge in [0.2, 0.25) is 15.9 Å². The number of fused-ring (bicyclic) bond motifs is 1. The maximum absolute atomic E-state index is 12.5. The molecule has 0 aliphatic carbocycles. The zero-order chi connectivity index (χ0) is 19.6. The Hall–Kier alpha value is -2.38. The number of carbonyl (C=O) groups excluding carboxylic acids is 1. The predicted octanol–water partition coefficient (Wildman–Crippen LogP) is 4.32. The van der Waals surface area contributed by atoms with Gasteiger partial charge in [-0.15, -0.1) is 0 Å². The van der Waals surface area contributed by atoms with Crippen molar-refractivity contribution in [1.29, 1.82) is 0 Å². The summed E-state index contributed by atoms with van der Waals surface area (Å²) in [5.74, 6) is -0.406. The highest BCUT2D eigenvalue weighted by Crippen LogP contribution is 2.25. The van der Waals surface area contributed by atoms with E-state index in [4.69, 9.17) is 0 Å². The van der Waals surface area contributed by atoms with Gasteiger partial charge >= 0.3 is 0 Å². The van der Waals surface area contributed by atoms with E-state index in [1.54, 1.807) is 24.3 Å². The van der Waals surface area contributed by atoms with Crippen molar-refractivity contribution < 1.29 is 13.2 Å². The van der Waals surface area contributed by atoms with E-state index in [0.717, 1.165) is 31.4 Å². The molecular formula is C20H19BrN2O3S. The van der Waals surface area contributed by atoms with Crippen molar-refractivity contribution in [3.05, 3.63) is 70.7 Å². The second kappa shape index (κ2) is 7.70. The number of carbonyl (C=O) groups is 1. The van der Waals surface area contributed by atoms with Crippen molar-refractivity contribution >= 4 is 54.0 Å². The minimum Gasteiger partial charge on any atom is -0.324 e. The van der Waals surface area contributed by atoms with Crippen LogP contribution in [0.4, 0.5) is 11.4 Å². The normalized spacial score (nSPS) is 11.4. The van der Waals surface area contributed by atoms with Crippen LogP contribution in [0.1, 0.15) is 5.56 Å². The lowest BCUT2D eigenvalue weighted by atomic mass is 10.1. The Kier molecular flexibility index (Phi) is 5.53. The fourth-order valence-corrected chi connectivity index (χ4v) is 3.88. The summed E-state index contributed by atoms with van der Waals surface area (Å²) in [7, 11) is -3.61. The molecule has 1 amide bonds. The quantitative estimate of drug-likeness (QED) is 0.634. The Bertz CT molecular complexity index is 1110. The van der Waals surface area contributed by atoms with Crippen LogP contribution in [0.2, 0.25) is 0 Å². The van der Waals surface area contributed by atoms with Gasteiger partial charge in [-0.1, -0.05) is 46.3 Å². The molecule has 0 atom stereocenters. The number of nitrogens with zero attached hydrogens (tertiary/aromatic N) is 1. The first-order chi connectivity index (χ1) is 12.7. The lowest BCUT2D eigenvalue weighted by Gasteiger charge is -2.22. The number of benzene rings is 3. The van der Waals surface area contributed by atoms with E-state index in [-0.39, 0.29) is 6.54 Å². The Morgan fingerprint density at radius 3 is 2.41 bits per heavy atom. The molecule has 0 unspecified atom stereocenters. The maximum atomic E-state index is 12.5. The van der Waals surface area contributed by atoms with E-state index in [9.17, 15) is 13.2 Å². The number of anilines is 2. The number of aryl methyl sites for hydroxylation is 1. The molecule has 3 aromatic rings. The van der Waals surface area contributed by atoms with Crippen LogP contribution in [0.15, 0.2) is 65.1 Å². The summed E-state index contributed by atoms with van der Waals surface area (Å²) in [6.45, 7) is 1.57. The number of nitrogens with one attached hydrogen (secondary N) is 1. The van der Waals surface area contributed by atoms with E-state index in [1.807, 2.05) is 43.3 Å². The molecule has 3 aromatic carbocycles. The summed E-state index contributed by atoms with van der Waals surface area (Å²) in [5.41, 5.74) is 1.96. The molecule has 1 N–H and O–H groups in total. The molecule has 0 aliphatic rings. The van der Waals surface area contributed by atoms with Crippen molar-refractivity contribution in [1.82, 2.24) is 0 Å². The van der Waals surface area contributed by atoms with Crippen molar-refractivity contribution in [3.8, 4) is 0 Å². The standard InChI is InChI=1S/C20H19BrN2O3S/c1-14-11-18(9-10-19(14)21)23(27(2,25)26)13-20(24)22-17-8-7-15-5-3-4-6-16(15)12-17/h3-12H,13H2,1-2H3,(H,22,24). The van der Waals surface area contributed by atoms with Crippen molar-refractivity contribution in [2.24, 2.45) is 0 Å². The van der Waals surface area contributed by atoms with Crippen LogP contribution in [0.3, 0.4) is 0 Å². The Labute approximate surface area is 167 Å². The second-order valence-electron chi connectivity index (χ2n) is 6.31. The lowest BCUT2D eigenvalue weighted by Crippen LogP contribution is -2.37. The van der Waals surface area contributed by atoms with Gasteiger partial charge in [-0.05, 0) is 53.6 Å². The first-order valence-electron chi connectivity index (χ1n) is 8.26. The predicted molar refractivity (Wildman–Crippen MR) is 114 cm³/mol. The first kappa shape index (κ1) is 19.4. The van der Waals surface area contributed by atoms with Gasteiger partial charge in [0.25, 0.3) is 0 Å². The molecule has 0 aromatic heterocycles. The van der Waals surface area contributed by atoms with Crippen LogP contribution in [-0.2, 0) is 14.8 Å². The Morgan fingerprint density at radius 1 is 1.04 bits per heavy atom. The molecule has 3 rings (SSSR count). The van der Waals surface area contributed by atoms with E-state index >= 15 is 0 Å². The molecule has 0 saturated carbocycles. The molecule has 0 saturated heterocycles. The van der Waals surface area contributed by atoms with E-state index in [1.165, 1.54) is 0 Å². The lowest BCUT2D eigenvalue weighted by molar-refractivity contribution is -0.114. The van der Waals surface area contributed by atoms with Crippen LogP contribution in [0.25, 0.3) is 10.8 Å². The Balaban J connectivity index is 1.82. The van der Waals surface area contributed by atoms with Gasteiger partial charge in [0.05, 0.1) is 11.9 Å². The van der Waals surface area contributed by atoms with Crippen LogP contribution in [-0.4, -0.2) is 27.1 Å². The fraction of sp³-hybridized carbons (Fsp3) is 0.150. The van der Waals surface area contributed by atoms with Crippen LogP contribution in [0, 0.1) is 6.92 Å². The highest BCUT2D eigenvalue weighted by atomic mass is 79.9. The molecule has 27 heavy (non-hydrogen) atoms. The smallest absolute Gasteiger partial charge is 0.245 e. The molecule has 0 heterocycles. The second-order valence-corrected chi connectivity index (χ2v) is 9.07. The molecule has 0 fully saturated rings. The van der Waals surface area contributed by atoms with E-state index < -0.39 is 15.9 Å². The van der Waals surface area contributed by atoms with E-state index in [2.05, 4.69) is 21.2 Å². The fourth-order valence-electron chi connectivity index (χ4n) is 2.78. The van der Waals surface area contributed by atoms with Crippen molar-refractivity contribution in [2.45, 2.75) is 6.92 Å². The van der Waals surface area contributed by atoms with Gasteiger partial charge in [0.1, 0.15) is 6.54 Å². The monoisotopic (exact) mass is 446 g/mol. The number of hydrogen-bond donors (Lipinski definition) is 1. The third-order valence-electron chi connectivity index (χ3n) is 4.15. The summed E-state index contributed by atoms with van der Waals surface area (Å²) in [5, 5.41) is 4.85. The van der Waals surface area contributed by atoms with Gasteiger partial charge in [-0.25, -0.2) is 8.42 Å². The number of amides is 1. The summed E-state index contributed by atoms with van der Waals surface area (Å²) in [4.78, 5) is 12.5. The third kappa shape index (κ3) is 4.67. The van der Waals surface area contributed by atoms with Gasteiger partial charge < -0.3 is 5.32 Å². The molecule has 7 heteroatoms. The van der Waals surface area contributed by atoms with Crippen molar-refractivity contribution in [2.75, 3.05) is 22.4 Å². The van der Waals surface area contributed by atoms with Gasteiger partial charge in [-0.3, -0.25) is 9.10 Å². The van der Waals surface area contributed by atoms with Crippen LogP contribution >= 0.6 is 15.9 Å². The number of halogens is 1. The van der Waals surface area contributed by atoms with Gasteiger partial charge in [0.15, 0.2) is 0 Å². The Morgan fingerprint density at radius 2 is 1.74 bits per heavy atom. The highest BCUT2D eigenvalue weighted by Gasteiger charge is 2.21. The number of sulfonamides is 1. The molecule has 140 valence electrons. The molecular weight excluding hydrogens is 428 g/mol. The first-order valence-corrected chi connectivity index (χ1v) is 10.9. The molecule has 0 radical (unpaired) electrons. The van der Waals surface area contributed by atoms with Crippen molar-refractivity contribution in [3.63, 3.8) is 0 Å². The topological polar surface area (TPSA) is 66.5 Å². The zero-order valence-electron chi connectivity index (χ0n) is 14.9. The maximum Gasteiger partial charge on any atom is 0.245 e. The average molecular weight is 447 g/mol. The summed E-state index contributed by atoms with van der Waals surface area (Å²) >= 11 is 3.40. The third-order valence-corrected chi connectivity index (χ3v) is 6.18. The van der Waals surface area contributed by atoms with Gasteiger partial charge in [0, 0.05) is 10.2 Å². The molecule has 0 aliphatic heterocycles. The van der Waals surface area contributed by atoms with Crippen LogP contribution < -0.4 is 9.62 Å². The highest BCUT2D eigenvalue weighted by molar-refractivity contribution is 9.10. The molecule has 5 nitrogen and oxygen atoms in total. The minimum atomic E-state index is -3.61. The summed E-state index contributed by atoms with van der Waals surface area (Å²) in [6, 6.07) is 18.6. The largest absolute Gasteiger partial charge is 0.324 e. The van der Waals surface area contributed by atoms with Gasteiger partial charge in [-0.2, -0.15) is 0 Å². The summed E-state index contributed by atoms with van der Waals surface area (Å²) < 4.78 is 26.4. The SMILES string of the molecule is Cc1cc(N(CC(=O)Nc2ccc3ccccc3c2)S(C)(=O)=O)ccc1Br. The van der Waals surface area contributed by atoms with E-state index in [0.29, 0.717) is 11.4 Å². The summed E-state index contributed by atoms with van der Waals surface area (Å²) in [6.07, 6.45) is 1.09. The zero-order valence-corrected chi connectivity index (χ0v) is 17.3. The van der Waals surface area contributed by atoms with Crippen LogP contribution in [0.5, 0.6) is 0 Å². The number of rotatable bonds is 5. The average Bonchev–Trinajstić information content (AvgIpc) is 2.61.